The molecule has 39 heavy (non-hydrogen) atoms. The van der Waals surface area contributed by atoms with Crippen LogP contribution in [0.2, 0.25) is 5.02 Å². The second kappa shape index (κ2) is 11.5. The molecule has 0 aromatic heterocycles. The highest BCUT2D eigenvalue weighted by Crippen LogP contribution is 2.43. The van der Waals surface area contributed by atoms with Gasteiger partial charge in [-0.15, -0.1) is 0 Å². The van der Waals surface area contributed by atoms with Crippen molar-refractivity contribution < 1.29 is 24.2 Å². The molecule has 6 nitrogen and oxygen atoms in total. The maximum absolute atomic E-state index is 13.4. The number of aliphatic hydroxyl groups is 1. The fourth-order valence-corrected chi connectivity index (χ4v) is 4.73. The van der Waals surface area contributed by atoms with Crippen molar-refractivity contribution in [1.82, 2.24) is 0 Å². The number of ether oxygens (including phenoxy) is 2. The number of hydrogen-bond donors (Lipinski definition) is 1. The third kappa shape index (κ3) is 5.38. The van der Waals surface area contributed by atoms with Gasteiger partial charge in [0.25, 0.3) is 11.7 Å². The summed E-state index contributed by atoms with van der Waals surface area (Å²) in [5.41, 5.74) is 2.52. The van der Waals surface area contributed by atoms with Gasteiger partial charge >= 0.3 is 0 Å². The number of nitrogens with zero attached hydrogens (tertiary/aromatic N) is 1. The van der Waals surface area contributed by atoms with Crippen LogP contribution in [0, 0.1) is 0 Å². The van der Waals surface area contributed by atoms with E-state index in [1.807, 2.05) is 43.3 Å². The summed E-state index contributed by atoms with van der Waals surface area (Å²) in [4.78, 5) is 28.2. The van der Waals surface area contributed by atoms with Crippen molar-refractivity contribution in [2.24, 2.45) is 0 Å². The van der Waals surface area contributed by atoms with Crippen molar-refractivity contribution in [3.8, 4) is 11.5 Å². The molecule has 4 aromatic carbocycles. The first kappa shape index (κ1) is 26.1. The predicted octanol–water partition coefficient (Wildman–Crippen LogP) is 6.94. The van der Waals surface area contributed by atoms with Crippen LogP contribution in [0.3, 0.4) is 0 Å². The molecular formula is C32H26ClNO5. The number of para-hydroxylation sites is 1. The first-order valence-corrected chi connectivity index (χ1v) is 12.9. The maximum atomic E-state index is 13.4. The SMILES string of the molecule is CCOc1cc(/C(O)=C2/C(=O)C(=O)N(c3ccccc3)C2c2ccc(OCc3ccccc3)cc2)ccc1Cl. The number of Topliss-reactive ketones (excluding diaryl/α,β-unsaturated/α-hetero) is 1. The molecule has 1 unspecified atom stereocenters. The van der Waals surface area contributed by atoms with Crippen LogP contribution in [0.25, 0.3) is 5.76 Å². The van der Waals surface area contributed by atoms with Crippen molar-refractivity contribution in [2.75, 3.05) is 11.5 Å². The topological polar surface area (TPSA) is 76.1 Å². The van der Waals surface area contributed by atoms with Gasteiger partial charge in [-0.05, 0) is 60.5 Å². The highest BCUT2D eigenvalue weighted by molar-refractivity contribution is 6.51. The monoisotopic (exact) mass is 539 g/mol. The number of rotatable bonds is 8. The lowest BCUT2D eigenvalue weighted by Gasteiger charge is -2.25. The second-order valence-electron chi connectivity index (χ2n) is 8.93. The minimum atomic E-state index is -0.859. The van der Waals surface area contributed by atoms with Gasteiger partial charge in [0, 0.05) is 11.3 Å². The van der Waals surface area contributed by atoms with E-state index in [4.69, 9.17) is 21.1 Å². The quantitative estimate of drug-likeness (QED) is 0.149. The van der Waals surface area contributed by atoms with Gasteiger partial charge in [-0.1, -0.05) is 72.3 Å². The second-order valence-corrected chi connectivity index (χ2v) is 9.33. The van der Waals surface area contributed by atoms with Crippen LogP contribution in [-0.2, 0) is 16.2 Å². The summed E-state index contributed by atoms with van der Waals surface area (Å²) in [5, 5.41) is 11.8. The average molecular weight is 540 g/mol. The molecule has 1 aliphatic heterocycles. The Balaban J connectivity index is 1.56. The van der Waals surface area contributed by atoms with E-state index in [0.29, 0.717) is 46.5 Å². The number of anilines is 1. The zero-order chi connectivity index (χ0) is 27.4. The molecule has 0 radical (unpaired) electrons. The van der Waals surface area contributed by atoms with Crippen LogP contribution in [0.15, 0.2) is 109 Å². The fraction of sp³-hybridized carbons (Fsp3) is 0.125. The van der Waals surface area contributed by atoms with Crippen molar-refractivity contribution in [2.45, 2.75) is 19.6 Å². The zero-order valence-electron chi connectivity index (χ0n) is 21.2. The van der Waals surface area contributed by atoms with E-state index in [1.165, 1.54) is 4.90 Å². The Bertz CT molecular complexity index is 1520. The van der Waals surface area contributed by atoms with E-state index < -0.39 is 17.7 Å². The molecule has 1 heterocycles. The molecule has 1 amide bonds. The fourth-order valence-electron chi connectivity index (χ4n) is 4.56. The van der Waals surface area contributed by atoms with Crippen LogP contribution in [0.5, 0.6) is 11.5 Å². The third-order valence-corrected chi connectivity index (χ3v) is 6.74. The largest absolute Gasteiger partial charge is 0.507 e. The normalized spacial score (nSPS) is 16.4. The first-order chi connectivity index (χ1) is 19.0. The van der Waals surface area contributed by atoms with E-state index in [9.17, 15) is 14.7 Å². The number of carbonyl (C=O) groups is 2. The Morgan fingerprint density at radius 1 is 0.872 bits per heavy atom. The van der Waals surface area contributed by atoms with Crippen molar-refractivity contribution >= 4 is 34.7 Å². The molecule has 1 saturated heterocycles. The van der Waals surface area contributed by atoms with Gasteiger partial charge in [-0.25, -0.2) is 0 Å². The number of hydrogen-bond acceptors (Lipinski definition) is 5. The van der Waals surface area contributed by atoms with Gasteiger partial charge in [0.15, 0.2) is 0 Å². The van der Waals surface area contributed by atoms with Gasteiger partial charge in [0.2, 0.25) is 0 Å². The zero-order valence-corrected chi connectivity index (χ0v) is 22.0. The molecule has 1 atom stereocenters. The number of benzene rings is 4. The minimum absolute atomic E-state index is 0.0217. The van der Waals surface area contributed by atoms with E-state index in [2.05, 4.69) is 0 Å². The minimum Gasteiger partial charge on any atom is -0.507 e. The van der Waals surface area contributed by atoms with Gasteiger partial charge in [-0.2, -0.15) is 0 Å². The van der Waals surface area contributed by atoms with Crippen LogP contribution >= 0.6 is 11.6 Å². The van der Waals surface area contributed by atoms with E-state index in [1.54, 1.807) is 66.7 Å². The molecule has 4 aromatic rings. The van der Waals surface area contributed by atoms with E-state index >= 15 is 0 Å². The average Bonchev–Trinajstić information content (AvgIpc) is 3.24. The Morgan fingerprint density at radius 3 is 2.21 bits per heavy atom. The lowest BCUT2D eigenvalue weighted by Crippen LogP contribution is -2.29. The van der Waals surface area contributed by atoms with Crippen LogP contribution in [0.4, 0.5) is 5.69 Å². The molecule has 7 heteroatoms. The molecule has 0 bridgehead atoms. The highest BCUT2D eigenvalue weighted by Gasteiger charge is 2.47. The number of aliphatic hydroxyl groups excluding tert-OH is 1. The Hall–Kier alpha value is -4.55. The lowest BCUT2D eigenvalue weighted by atomic mass is 9.95. The molecule has 1 fully saturated rings. The summed E-state index contributed by atoms with van der Waals surface area (Å²) in [6.45, 7) is 2.60. The Morgan fingerprint density at radius 2 is 1.54 bits per heavy atom. The van der Waals surface area contributed by atoms with E-state index in [-0.39, 0.29) is 11.3 Å². The van der Waals surface area contributed by atoms with Gasteiger partial charge in [0.1, 0.15) is 23.9 Å². The first-order valence-electron chi connectivity index (χ1n) is 12.5. The predicted molar refractivity (Wildman–Crippen MR) is 151 cm³/mol. The summed E-state index contributed by atoms with van der Waals surface area (Å²) >= 11 is 6.23. The van der Waals surface area contributed by atoms with Crippen molar-refractivity contribution in [3.05, 3.63) is 130 Å². The number of amides is 1. The number of halogens is 1. The molecule has 196 valence electrons. The lowest BCUT2D eigenvalue weighted by molar-refractivity contribution is -0.132. The molecular weight excluding hydrogens is 514 g/mol. The molecule has 1 aliphatic rings. The molecule has 1 N–H and O–H groups in total. The Kier molecular flexibility index (Phi) is 7.66. The van der Waals surface area contributed by atoms with Crippen molar-refractivity contribution in [3.63, 3.8) is 0 Å². The summed E-state index contributed by atoms with van der Waals surface area (Å²) in [7, 11) is 0. The number of ketones is 1. The van der Waals surface area contributed by atoms with Crippen LogP contribution < -0.4 is 14.4 Å². The van der Waals surface area contributed by atoms with Crippen molar-refractivity contribution in [1.29, 1.82) is 0 Å². The summed E-state index contributed by atoms with van der Waals surface area (Å²) in [5.74, 6) is -0.802. The third-order valence-electron chi connectivity index (χ3n) is 6.43. The standard InChI is InChI=1S/C32H26ClNO5/c1-2-38-27-19-23(15-18-26(27)33)30(35)28-29(34(32(37)31(28)36)24-11-7-4-8-12-24)22-13-16-25(17-14-22)39-20-21-9-5-3-6-10-21/h3-19,29,35H,2,20H2,1H3/b30-28-. The van der Waals surface area contributed by atoms with Gasteiger partial charge in [0.05, 0.1) is 23.2 Å². The molecule has 0 spiro atoms. The summed E-state index contributed by atoms with van der Waals surface area (Å²) in [6, 6.07) is 29.8. The van der Waals surface area contributed by atoms with Crippen LogP contribution in [0.1, 0.15) is 29.7 Å². The highest BCUT2D eigenvalue weighted by atomic mass is 35.5. The summed E-state index contributed by atoms with van der Waals surface area (Å²) < 4.78 is 11.5. The van der Waals surface area contributed by atoms with Gasteiger partial charge in [-0.3, -0.25) is 14.5 Å². The smallest absolute Gasteiger partial charge is 0.300 e. The summed E-state index contributed by atoms with van der Waals surface area (Å²) in [6.07, 6.45) is 0. The molecule has 5 rings (SSSR count). The number of carbonyl (C=O) groups excluding carboxylic acids is 2. The maximum Gasteiger partial charge on any atom is 0.300 e. The molecule has 0 saturated carbocycles. The molecule has 0 aliphatic carbocycles. The van der Waals surface area contributed by atoms with E-state index in [0.717, 1.165) is 5.56 Å². The van der Waals surface area contributed by atoms with Gasteiger partial charge < -0.3 is 14.6 Å². The van der Waals surface area contributed by atoms with Crippen LogP contribution in [-0.4, -0.2) is 23.4 Å². The Labute approximate surface area is 231 Å².